The molecule has 0 bridgehead atoms. The molecule has 0 fully saturated rings. The smallest absolute Gasteiger partial charge is 0.467 e. The maximum Gasteiger partial charge on any atom is 1.00 e. The number of nitrogens with zero attached hydrogens (tertiary/aromatic N) is 1. The predicted molar refractivity (Wildman–Crippen MR) is 34.4 cm³/mol. The summed E-state index contributed by atoms with van der Waals surface area (Å²) >= 11 is 0. The summed E-state index contributed by atoms with van der Waals surface area (Å²) in [7, 11) is 1.33. The molecule has 0 radical (unpaired) electrons. The van der Waals surface area contributed by atoms with Crippen LogP contribution >= 0.6 is 0 Å². The second-order valence-corrected chi connectivity index (χ2v) is 1.67. The van der Waals surface area contributed by atoms with Crippen LogP contribution in [-0.2, 0) is 4.74 Å². The molecule has 11 heavy (non-hydrogen) atoms. The number of pyridine rings is 1. The number of carbonyl (C=O) groups excluding carboxylic acids is 1. The zero-order valence-corrected chi connectivity index (χ0v) is 9.62. The molecule has 0 saturated heterocycles. The van der Waals surface area contributed by atoms with E-state index in [1.165, 1.54) is 13.3 Å². The van der Waals surface area contributed by atoms with E-state index < -0.39 is 0 Å². The van der Waals surface area contributed by atoms with Crippen molar-refractivity contribution in [3.8, 4) is 0 Å². The van der Waals surface area contributed by atoms with Gasteiger partial charge in [-0.3, -0.25) is 0 Å². The van der Waals surface area contributed by atoms with E-state index in [2.05, 4.69) is 15.9 Å². The minimum absolute atomic E-state index is 0. The fourth-order valence-corrected chi connectivity index (χ4v) is 0.559. The zero-order chi connectivity index (χ0) is 7.40. The molecule has 0 saturated carbocycles. The second-order valence-electron chi connectivity index (χ2n) is 1.67. The van der Waals surface area contributed by atoms with Crippen molar-refractivity contribution in [2.45, 2.75) is 0 Å². The van der Waals surface area contributed by atoms with Crippen LogP contribution in [0.3, 0.4) is 0 Å². The van der Waals surface area contributed by atoms with Crippen LogP contribution in [0, 0.1) is 6.20 Å². The Hall–Kier alpha value is 0.256. The number of esters is 1. The molecule has 0 atom stereocenters. The third kappa shape index (κ3) is 3.44. The Balaban J connectivity index is 0.000001000. The van der Waals surface area contributed by atoms with Crippen molar-refractivity contribution in [1.29, 1.82) is 0 Å². The van der Waals surface area contributed by atoms with E-state index in [4.69, 9.17) is 0 Å². The Labute approximate surface area is 108 Å². The van der Waals surface area contributed by atoms with Crippen LogP contribution in [0.25, 0.3) is 0 Å². The van der Waals surface area contributed by atoms with E-state index in [0.717, 1.165) is 0 Å². The average Bonchev–Trinajstić information content (AvgIpc) is 2.05. The Kier molecular flexibility index (Phi) is 5.99. The number of hydrogen-bond donors (Lipinski definition) is 0. The SMILES string of the molecule is COC(=O)c1cc[c-]nc1.[K+]. The quantitative estimate of drug-likeness (QED) is 0.273. The van der Waals surface area contributed by atoms with Crippen molar-refractivity contribution in [3.05, 3.63) is 30.1 Å². The topological polar surface area (TPSA) is 39.2 Å². The maximum absolute atomic E-state index is 10.7. The molecule has 0 aromatic carbocycles. The molecule has 1 rings (SSSR count). The summed E-state index contributed by atoms with van der Waals surface area (Å²) in [6, 6.07) is 3.16. The summed E-state index contributed by atoms with van der Waals surface area (Å²) in [6.45, 7) is 0. The number of aromatic nitrogens is 1. The van der Waals surface area contributed by atoms with Gasteiger partial charge in [0, 0.05) is 0 Å². The molecule has 0 aliphatic rings. The molecule has 0 aliphatic heterocycles. The first kappa shape index (κ1) is 11.3. The van der Waals surface area contributed by atoms with Gasteiger partial charge in [-0.1, -0.05) is 12.4 Å². The first-order chi connectivity index (χ1) is 4.84. The van der Waals surface area contributed by atoms with Gasteiger partial charge in [0.15, 0.2) is 0 Å². The van der Waals surface area contributed by atoms with Crippen molar-refractivity contribution in [1.82, 2.24) is 4.98 Å². The van der Waals surface area contributed by atoms with Crippen molar-refractivity contribution < 1.29 is 60.9 Å². The molecule has 0 unspecified atom stereocenters. The minimum atomic E-state index is -0.374. The van der Waals surface area contributed by atoms with Gasteiger partial charge in [-0.15, -0.1) is 0 Å². The molecule has 0 aliphatic carbocycles. The summed E-state index contributed by atoms with van der Waals surface area (Å²) in [5.41, 5.74) is 0.446. The Morgan fingerprint density at radius 1 is 1.73 bits per heavy atom. The Bertz CT molecular complexity index is 225. The second kappa shape index (κ2) is 5.85. The first-order valence-corrected chi connectivity index (χ1v) is 2.75. The van der Waals surface area contributed by atoms with Gasteiger partial charge in [0.05, 0.1) is 7.11 Å². The number of rotatable bonds is 1. The van der Waals surface area contributed by atoms with Crippen molar-refractivity contribution in [2.24, 2.45) is 0 Å². The van der Waals surface area contributed by atoms with E-state index >= 15 is 0 Å². The number of ether oxygens (including phenoxy) is 1. The summed E-state index contributed by atoms with van der Waals surface area (Å²) in [5, 5.41) is 0. The van der Waals surface area contributed by atoms with Crippen LogP contribution in [0.15, 0.2) is 18.3 Å². The molecule has 1 heterocycles. The summed E-state index contributed by atoms with van der Waals surface area (Å²) in [6.07, 6.45) is 3.96. The predicted octanol–water partition coefficient (Wildman–Crippen LogP) is -2.33. The van der Waals surface area contributed by atoms with Crippen LogP contribution in [0.5, 0.6) is 0 Å². The fourth-order valence-electron chi connectivity index (χ4n) is 0.559. The maximum atomic E-state index is 10.7. The van der Waals surface area contributed by atoms with Gasteiger partial charge >= 0.3 is 57.4 Å². The molecule has 0 N–H and O–H groups in total. The normalized spacial score (nSPS) is 8.09. The fraction of sp³-hybridized carbons (Fsp3) is 0.143. The largest absolute Gasteiger partial charge is 1.00 e. The molecule has 0 spiro atoms. The van der Waals surface area contributed by atoms with Gasteiger partial charge in [-0.2, -0.15) is 12.1 Å². The third-order valence-electron chi connectivity index (χ3n) is 1.04. The minimum Gasteiger partial charge on any atom is -0.467 e. The van der Waals surface area contributed by atoms with Crippen molar-refractivity contribution in [2.75, 3.05) is 7.11 Å². The van der Waals surface area contributed by atoms with E-state index in [1.807, 2.05) is 0 Å². The molecular weight excluding hydrogens is 169 g/mol. The van der Waals surface area contributed by atoms with Gasteiger partial charge in [0.25, 0.3) is 0 Å². The van der Waals surface area contributed by atoms with Crippen LogP contribution in [0.2, 0.25) is 0 Å². The summed E-state index contributed by atoms with van der Waals surface area (Å²) in [5.74, 6) is -0.374. The Morgan fingerprint density at radius 2 is 2.45 bits per heavy atom. The van der Waals surface area contributed by atoms with Crippen molar-refractivity contribution >= 4 is 5.97 Å². The molecule has 0 amide bonds. The van der Waals surface area contributed by atoms with Gasteiger partial charge < -0.3 is 9.72 Å². The monoisotopic (exact) mass is 175 g/mol. The molecular formula is C7H6KNO2. The molecule has 1 aromatic rings. The van der Waals surface area contributed by atoms with Crippen LogP contribution in [0.4, 0.5) is 0 Å². The van der Waals surface area contributed by atoms with Gasteiger partial charge in [-0.05, 0) is 5.56 Å². The van der Waals surface area contributed by atoms with E-state index in [9.17, 15) is 4.79 Å². The molecule has 52 valence electrons. The van der Waals surface area contributed by atoms with E-state index in [0.29, 0.717) is 5.56 Å². The number of hydrogen-bond acceptors (Lipinski definition) is 3. The summed E-state index contributed by atoms with van der Waals surface area (Å²) < 4.78 is 4.44. The van der Waals surface area contributed by atoms with E-state index in [1.54, 1.807) is 12.1 Å². The third-order valence-corrected chi connectivity index (χ3v) is 1.04. The molecule has 3 nitrogen and oxygen atoms in total. The van der Waals surface area contributed by atoms with Crippen molar-refractivity contribution in [3.63, 3.8) is 0 Å². The van der Waals surface area contributed by atoms with Crippen LogP contribution in [0.1, 0.15) is 10.4 Å². The average molecular weight is 175 g/mol. The standard InChI is InChI=1S/C7H6NO2.K/c1-10-7(9)6-3-2-4-8-5-6;/h2-3,5H,1H3;/q-1;+1. The van der Waals surface area contributed by atoms with Gasteiger partial charge in [0.1, 0.15) is 0 Å². The Morgan fingerprint density at radius 3 is 2.91 bits per heavy atom. The number of carbonyl (C=O) groups is 1. The van der Waals surface area contributed by atoms with Gasteiger partial charge in [0.2, 0.25) is 0 Å². The molecule has 1 aromatic heterocycles. The molecule has 4 heteroatoms. The van der Waals surface area contributed by atoms with Crippen LogP contribution < -0.4 is 51.4 Å². The van der Waals surface area contributed by atoms with Gasteiger partial charge in [-0.25, -0.2) is 4.79 Å². The van der Waals surface area contributed by atoms with E-state index in [-0.39, 0.29) is 57.4 Å². The van der Waals surface area contributed by atoms with Crippen LogP contribution in [-0.4, -0.2) is 18.1 Å². The summed E-state index contributed by atoms with van der Waals surface area (Å²) in [4.78, 5) is 14.4. The first-order valence-electron chi connectivity index (χ1n) is 2.75. The zero-order valence-electron chi connectivity index (χ0n) is 6.50. The number of methoxy groups -OCH3 is 1.